The van der Waals surface area contributed by atoms with Crippen molar-refractivity contribution in [3.8, 4) is 0 Å². The van der Waals surface area contributed by atoms with Crippen molar-refractivity contribution in [2.24, 2.45) is 0 Å². The molecule has 0 aliphatic carbocycles. The van der Waals surface area contributed by atoms with Crippen LogP contribution in [0.3, 0.4) is 0 Å². The van der Waals surface area contributed by atoms with Crippen LogP contribution in [0, 0.1) is 10.1 Å². The minimum atomic E-state index is -0.661. The molecule has 1 fully saturated rings. The number of carbonyl (C=O) groups excluding carboxylic acids is 1. The molecule has 7 nitrogen and oxygen atoms in total. The van der Waals surface area contributed by atoms with Crippen LogP contribution in [0.15, 0.2) is 46.9 Å². The van der Waals surface area contributed by atoms with Crippen LogP contribution in [0.4, 0.5) is 5.88 Å². The van der Waals surface area contributed by atoms with Gasteiger partial charge in [0, 0.05) is 6.54 Å². The minimum absolute atomic E-state index is 0.0300. The molecule has 23 heavy (non-hydrogen) atoms. The second-order valence-electron chi connectivity index (χ2n) is 5.45. The molecule has 1 aliphatic rings. The molecule has 2 atom stereocenters. The van der Waals surface area contributed by atoms with Gasteiger partial charge in [-0.25, -0.2) is 0 Å². The average Bonchev–Trinajstić information content (AvgIpc) is 3.04. The lowest BCUT2D eigenvalue weighted by Gasteiger charge is -2.36. The number of benzene rings is 1. The number of morpholine rings is 1. The summed E-state index contributed by atoms with van der Waals surface area (Å²) in [4.78, 5) is 24.1. The number of carbonyl (C=O) groups is 1. The Kier molecular flexibility index (Phi) is 4.12. The van der Waals surface area contributed by atoms with Crippen molar-refractivity contribution >= 4 is 11.8 Å². The van der Waals surface area contributed by atoms with E-state index < -0.39 is 10.8 Å². The van der Waals surface area contributed by atoms with Crippen molar-refractivity contribution in [2.75, 3.05) is 13.1 Å². The zero-order valence-electron chi connectivity index (χ0n) is 12.5. The van der Waals surface area contributed by atoms with Crippen LogP contribution in [0.1, 0.15) is 29.1 Å². The molecule has 1 aromatic heterocycles. The van der Waals surface area contributed by atoms with Gasteiger partial charge in [0.15, 0.2) is 5.76 Å². The maximum atomic E-state index is 12.5. The average molecular weight is 316 g/mol. The van der Waals surface area contributed by atoms with Gasteiger partial charge < -0.3 is 14.1 Å². The molecule has 0 bridgehead atoms. The molecule has 0 radical (unpaired) electrons. The lowest BCUT2D eigenvalue weighted by molar-refractivity contribution is -0.402. The van der Waals surface area contributed by atoms with Crippen molar-refractivity contribution in [2.45, 2.75) is 19.1 Å². The maximum Gasteiger partial charge on any atom is 0.433 e. The second-order valence-corrected chi connectivity index (χ2v) is 5.45. The van der Waals surface area contributed by atoms with Crippen LogP contribution in [-0.2, 0) is 4.74 Å². The van der Waals surface area contributed by atoms with Crippen molar-refractivity contribution in [1.82, 2.24) is 4.90 Å². The normalized spacial score (nSPS) is 21.2. The van der Waals surface area contributed by atoms with Crippen LogP contribution < -0.4 is 0 Å². The van der Waals surface area contributed by atoms with Crippen LogP contribution in [0.25, 0.3) is 0 Å². The van der Waals surface area contributed by atoms with Gasteiger partial charge in [0.2, 0.25) is 0 Å². The molecular formula is C16H16N2O5. The van der Waals surface area contributed by atoms with Crippen LogP contribution >= 0.6 is 0 Å². The highest BCUT2D eigenvalue weighted by Crippen LogP contribution is 2.27. The number of ether oxygens (including phenoxy) is 1. The van der Waals surface area contributed by atoms with Gasteiger partial charge in [0.25, 0.3) is 5.91 Å². The summed E-state index contributed by atoms with van der Waals surface area (Å²) in [6.45, 7) is 2.68. The minimum Gasteiger partial charge on any atom is -0.395 e. The fourth-order valence-electron chi connectivity index (χ4n) is 2.67. The van der Waals surface area contributed by atoms with Gasteiger partial charge in [0.05, 0.1) is 18.7 Å². The third-order valence-corrected chi connectivity index (χ3v) is 3.70. The molecule has 1 aliphatic heterocycles. The van der Waals surface area contributed by atoms with Gasteiger partial charge >= 0.3 is 5.88 Å². The number of hydrogen-bond acceptors (Lipinski definition) is 5. The quantitative estimate of drug-likeness (QED) is 0.642. The number of hydrogen-bond donors (Lipinski definition) is 0. The SMILES string of the molecule is CC1CN(C(=O)c2ccc([N+](=O)[O-])o2)CC(c2ccccc2)O1. The van der Waals surface area contributed by atoms with Crippen molar-refractivity contribution < 1.29 is 18.9 Å². The Labute approximate surface area is 132 Å². The van der Waals surface area contributed by atoms with Gasteiger partial charge in [0.1, 0.15) is 11.0 Å². The third kappa shape index (κ3) is 3.24. The molecule has 1 aromatic carbocycles. The number of rotatable bonds is 3. The fraction of sp³-hybridized carbons (Fsp3) is 0.312. The molecule has 0 spiro atoms. The van der Waals surface area contributed by atoms with Gasteiger partial charge in [-0.15, -0.1) is 0 Å². The molecule has 0 saturated carbocycles. The first-order valence-corrected chi connectivity index (χ1v) is 7.28. The Balaban J connectivity index is 1.78. The molecule has 2 aromatic rings. The summed E-state index contributed by atoms with van der Waals surface area (Å²) >= 11 is 0. The molecule has 120 valence electrons. The molecule has 0 N–H and O–H groups in total. The van der Waals surface area contributed by atoms with Crippen LogP contribution in [0.5, 0.6) is 0 Å². The van der Waals surface area contributed by atoms with E-state index in [0.29, 0.717) is 13.1 Å². The Hall–Kier alpha value is -2.67. The van der Waals surface area contributed by atoms with E-state index in [4.69, 9.17) is 9.15 Å². The Morgan fingerprint density at radius 2 is 1.96 bits per heavy atom. The van der Waals surface area contributed by atoms with E-state index in [0.717, 1.165) is 5.56 Å². The highest BCUT2D eigenvalue weighted by Gasteiger charge is 2.31. The summed E-state index contributed by atoms with van der Waals surface area (Å²) in [5.74, 6) is -0.832. The summed E-state index contributed by atoms with van der Waals surface area (Å²) in [5, 5.41) is 10.7. The van der Waals surface area contributed by atoms with Crippen LogP contribution in [0.2, 0.25) is 0 Å². The number of nitrogens with zero attached hydrogens (tertiary/aromatic N) is 2. The molecule has 2 heterocycles. The van der Waals surface area contributed by atoms with E-state index in [1.54, 1.807) is 4.90 Å². The maximum absolute atomic E-state index is 12.5. The summed E-state index contributed by atoms with van der Waals surface area (Å²) in [6, 6.07) is 12.2. The highest BCUT2D eigenvalue weighted by molar-refractivity contribution is 5.91. The topological polar surface area (TPSA) is 85.8 Å². The predicted molar refractivity (Wildman–Crippen MR) is 81.0 cm³/mol. The first-order valence-electron chi connectivity index (χ1n) is 7.28. The largest absolute Gasteiger partial charge is 0.433 e. The van der Waals surface area contributed by atoms with Crippen molar-refractivity contribution in [1.29, 1.82) is 0 Å². The van der Waals surface area contributed by atoms with Gasteiger partial charge in [-0.2, -0.15) is 0 Å². The molecular weight excluding hydrogens is 300 g/mol. The van der Waals surface area contributed by atoms with E-state index in [-0.39, 0.29) is 23.9 Å². The molecule has 1 saturated heterocycles. The zero-order valence-corrected chi connectivity index (χ0v) is 12.5. The molecule has 3 rings (SSSR count). The fourth-order valence-corrected chi connectivity index (χ4v) is 2.67. The van der Waals surface area contributed by atoms with Crippen LogP contribution in [-0.4, -0.2) is 34.9 Å². The van der Waals surface area contributed by atoms with Gasteiger partial charge in [-0.3, -0.25) is 14.9 Å². The Morgan fingerprint density at radius 3 is 2.61 bits per heavy atom. The van der Waals surface area contributed by atoms with Crippen molar-refractivity contribution in [3.63, 3.8) is 0 Å². The first kappa shape index (κ1) is 15.2. The molecule has 1 amide bonds. The molecule has 7 heteroatoms. The zero-order chi connectivity index (χ0) is 16.4. The number of amides is 1. The summed E-state index contributed by atoms with van der Waals surface area (Å²) in [6.07, 6.45) is -0.364. The Bertz CT molecular complexity index is 712. The van der Waals surface area contributed by atoms with Gasteiger partial charge in [-0.05, 0) is 18.6 Å². The standard InChI is InChI=1S/C16H16N2O5/c1-11-9-17(10-14(22-11)12-5-3-2-4-6-12)16(19)13-7-8-15(23-13)18(20)21/h2-8,11,14H,9-10H2,1H3. The second kappa shape index (κ2) is 6.21. The van der Waals surface area contributed by atoms with Crippen molar-refractivity contribution in [3.05, 3.63) is 63.9 Å². The predicted octanol–water partition coefficient (Wildman–Crippen LogP) is 2.79. The Morgan fingerprint density at radius 1 is 1.22 bits per heavy atom. The number of furan rings is 1. The third-order valence-electron chi connectivity index (χ3n) is 3.70. The van der Waals surface area contributed by atoms with E-state index in [2.05, 4.69) is 0 Å². The summed E-state index contributed by atoms with van der Waals surface area (Å²) in [7, 11) is 0. The van der Waals surface area contributed by atoms with E-state index in [1.807, 2.05) is 37.3 Å². The lowest BCUT2D eigenvalue weighted by atomic mass is 10.1. The monoisotopic (exact) mass is 316 g/mol. The summed E-state index contributed by atoms with van der Waals surface area (Å²) < 4.78 is 10.9. The first-order chi connectivity index (χ1) is 11.0. The smallest absolute Gasteiger partial charge is 0.395 e. The molecule has 2 unspecified atom stereocenters. The lowest BCUT2D eigenvalue weighted by Crippen LogP contribution is -2.45. The van der Waals surface area contributed by atoms with Gasteiger partial charge in [-0.1, -0.05) is 30.3 Å². The summed E-state index contributed by atoms with van der Waals surface area (Å²) in [5.41, 5.74) is 0.988. The van der Waals surface area contributed by atoms with E-state index in [9.17, 15) is 14.9 Å². The number of nitro groups is 1. The van der Waals surface area contributed by atoms with E-state index in [1.165, 1.54) is 12.1 Å². The van der Waals surface area contributed by atoms with E-state index >= 15 is 0 Å². The highest BCUT2D eigenvalue weighted by atomic mass is 16.6.